The van der Waals surface area contributed by atoms with Crippen molar-refractivity contribution in [3.63, 3.8) is 0 Å². The van der Waals surface area contributed by atoms with Crippen molar-refractivity contribution in [2.75, 3.05) is 12.4 Å². The molecule has 1 aromatic rings. The van der Waals surface area contributed by atoms with Gasteiger partial charge in [-0.2, -0.15) is 0 Å². The Kier molecular flexibility index (Phi) is 5.59. The van der Waals surface area contributed by atoms with E-state index in [1.165, 1.54) is 44.9 Å². The summed E-state index contributed by atoms with van der Waals surface area (Å²) in [5.74, 6) is 0.0342. The summed E-state index contributed by atoms with van der Waals surface area (Å²) in [7, 11) is 1.33. The van der Waals surface area contributed by atoms with Crippen molar-refractivity contribution in [2.24, 2.45) is 5.92 Å². The molecule has 0 heterocycles. The molecule has 3 nitrogen and oxygen atoms in total. The lowest BCUT2D eigenvalue weighted by Gasteiger charge is -2.19. The first-order valence-corrected chi connectivity index (χ1v) is 7.78. The molecule has 1 fully saturated rings. The molecule has 1 N–H and O–H groups in total. The Labute approximate surface area is 125 Å². The van der Waals surface area contributed by atoms with Gasteiger partial charge in [-0.05, 0) is 43.4 Å². The Balaban J connectivity index is 2.06. The summed E-state index contributed by atoms with van der Waals surface area (Å²) in [6, 6.07) is 4.60. The molecule has 0 aromatic heterocycles. The summed E-state index contributed by atoms with van der Waals surface area (Å²) in [4.78, 5) is 11.5. The van der Waals surface area contributed by atoms with Gasteiger partial charge in [0.1, 0.15) is 5.82 Å². The molecule has 1 aromatic carbocycles. The number of rotatable bonds is 4. The van der Waals surface area contributed by atoms with E-state index in [0.29, 0.717) is 11.3 Å². The van der Waals surface area contributed by atoms with Crippen LogP contribution in [0.4, 0.5) is 10.1 Å². The smallest absolute Gasteiger partial charge is 0.337 e. The zero-order valence-electron chi connectivity index (χ0n) is 12.8. The molecule has 1 aliphatic carbocycles. The molecular weight excluding hydrogens is 269 g/mol. The van der Waals surface area contributed by atoms with E-state index in [-0.39, 0.29) is 11.9 Å². The maximum Gasteiger partial charge on any atom is 0.337 e. The highest BCUT2D eigenvalue weighted by molar-refractivity contribution is 5.90. The van der Waals surface area contributed by atoms with Gasteiger partial charge in [-0.3, -0.25) is 0 Å². The Bertz CT molecular complexity index is 490. The van der Waals surface area contributed by atoms with Crippen LogP contribution in [0.5, 0.6) is 0 Å². The molecule has 1 aliphatic rings. The van der Waals surface area contributed by atoms with Crippen molar-refractivity contribution in [1.82, 2.24) is 0 Å². The van der Waals surface area contributed by atoms with Crippen molar-refractivity contribution in [3.05, 3.63) is 29.6 Å². The predicted octanol–water partition coefficient (Wildman–Crippen LogP) is 4.38. The molecule has 21 heavy (non-hydrogen) atoms. The number of nitrogens with one attached hydrogen (secondary N) is 1. The minimum atomic E-state index is -0.440. The third-order valence-electron chi connectivity index (χ3n) is 4.41. The third kappa shape index (κ3) is 4.19. The lowest BCUT2D eigenvalue weighted by atomic mass is 9.98. The number of anilines is 1. The number of hydrogen-bond donors (Lipinski definition) is 1. The van der Waals surface area contributed by atoms with Crippen LogP contribution in [0.25, 0.3) is 0 Å². The number of methoxy groups -OCH3 is 1. The minimum Gasteiger partial charge on any atom is -0.465 e. The van der Waals surface area contributed by atoms with Gasteiger partial charge in [-0.1, -0.05) is 26.2 Å². The highest BCUT2D eigenvalue weighted by Gasteiger charge is 2.19. The number of halogens is 1. The zero-order chi connectivity index (χ0) is 15.2. The SMILES string of the molecule is CCC1CCCC(Nc2cc(C(=O)OC)ccc2F)CC1. The molecule has 2 unspecified atom stereocenters. The maximum absolute atomic E-state index is 13.9. The fourth-order valence-electron chi connectivity index (χ4n) is 3.03. The van der Waals surface area contributed by atoms with Crippen LogP contribution >= 0.6 is 0 Å². The molecule has 0 saturated heterocycles. The largest absolute Gasteiger partial charge is 0.465 e. The van der Waals surface area contributed by atoms with Gasteiger partial charge in [0.05, 0.1) is 18.4 Å². The van der Waals surface area contributed by atoms with Crippen molar-refractivity contribution in [3.8, 4) is 0 Å². The zero-order valence-corrected chi connectivity index (χ0v) is 12.8. The molecule has 0 amide bonds. The fourth-order valence-corrected chi connectivity index (χ4v) is 3.03. The molecule has 0 aliphatic heterocycles. The number of ether oxygens (including phenoxy) is 1. The summed E-state index contributed by atoms with van der Waals surface area (Å²) < 4.78 is 18.6. The second-order valence-electron chi connectivity index (χ2n) is 5.81. The van der Waals surface area contributed by atoms with Gasteiger partial charge in [0, 0.05) is 6.04 Å². The van der Waals surface area contributed by atoms with Gasteiger partial charge in [-0.15, -0.1) is 0 Å². The Hall–Kier alpha value is -1.58. The fraction of sp³-hybridized carbons (Fsp3) is 0.588. The van der Waals surface area contributed by atoms with Crippen molar-refractivity contribution in [2.45, 2.75) is 51.5 Å². The maximum atomic E-state index is 13.9. The Morgan fingerprint density at radius 3 is 2.86 bits per heavy atom. The topological polar surface area (TPSA) is 38.3 Å². The van der Waals surface area contributed by atoms with Crippen molar-refractivity contribution in [1.29, 1.82) is 0 Å². The van der Waals surface area contributed by atoms with Crippen LogP contribution in [-0.4, -0.2) is 19.1 Å². The first-order chi connectivity index (χ1) is 10.1. The molecule has 116 valence electrons. The van der Waals surface area contributed by atoms with E-state index in [2.05, 4.69) is 17.0 Å². The summed E-state index contributed by atoms with van der Waals surface area (Å²) >= 11 is 0. The highest BCUT2D eigenvalue weighted by atomic mass is 19.1. The van der Waals surface area contributed by atoms with E-state index in [9.17, 15) is 9.18 Å². The second-order valence-corrected chi connectivity index (χ2v) is 5.81. The van der Waals surface area contributed by atoms with Crippen LogP contribution in [0.1, 0.15) is 55.8 Å². The number of benzene rings is 1. The van der Waals surface area contributed by atoms with Gasteiger partial charge in [-0.25, -0.2) is 9.18 Å². The van der Waals surface area contributed by atoms with E-state index in [1.807, 2.05) is 0 Å². The second kappa shape index (κ2) is 7.43. The number of carbonyl (C=O) groups is 1. The van der Waals surface area contributed by atoms with Gasteiger partial charge >= 0.3 is 5.97 Å². The van der Waals surface area contributed by atoms with Gasteiger partial charge in [0.2, 0.25) is 0 Å². The molecule has 2 atom stereocenters. The summed E-state index contributed by atoms with van der Waals surface area (Å²) in [6.07, 6.45) is 6.96. The molecule has 0 radical (unpaired) electrons. The average Bonchev–Trinajstić information content (AvgIpc) is 2.73. The van der Waals surface area contributed by atoms with E-state index < -0.39 is 5.97 Å². The quantitative estimate of drug-likeness (QED) is 0.661. The number of hydrogen-bond acceptors (Lipinski definition) is 3. The third-order valence-corrected chi connectivity index (χ3v) is 4.41. The van der Waals surface area contributed by atoms with E-state index in [4.69, 9.17) is 0 Å². The van der Waals surface area contributed by atoms with Crippen LogP contribution in [0, 0.1) is 11.7 Å². The van der Waals surface area contributed by atoms with Crippen LogP contribution in [0.2, 0.25) is 0 Å². The minimum absolute atomic E-state index is 0.281. The summed E-state index contributed by atoms with van der Waals surface area (Å²) in [6.45, 7) is 2.23. The van der Waals surface area contributed by atoms with E-state index in [0.717, 1.165) is 18.8 Å². The molecule has 2 rings (SSSR count). The highest BCUT2D eigenvalue weighted by Crippen LogP contribution is 2.28. The van der Waals surface area contributed by atoms with Crippen LogP contribution < -0.4 is 5.32 Å². The predicted molar refractivity (Wildman–Crippen MR) is 82.0 cm³/mol. The summed E-state index contributed by atoms with van der Waals surface area (Å²) in [5.41, 5.74) is 0.777. The van der Waals surface area contributed by atoms with Gasteiger partial charge in [0.15, 0.2) is 0 Å². The monoisotopic (exact) mass is 293 g/mol. The molecule has 1 saturated carbocycles. The van der Waals surface area contributed by atoms with Crippen LogP contribution in [-0.2, 0) is 4.74 Å². The number of esters is 1. The molecule has 0 bridgehead atoms. The van der Waals surface area contributed by atoms with Crippen LogP contribution in [0.15, 0.2) is 18.2 Å². The molecular formula is C17H24FNO2. The van der Waals surface area contributed by atoms with Crippen molar-refractivity contribution < 1.29 is 13.9 Å². The Morgan fingerprint density at radius 2 is 2.14 bits per heavy atom. The normalized spacial score (nSPS) is 22.4. The number of carbonyl (C=O) groups excluding carboxylic acids is 1. The van der Waals surface area contributed by atoms with E-state index in [1.54, 1.807) is 6.07 Å². The average molecular weight is 293 g/mol. The summed E-state index contributed by atoms with van der Waals surface area (Å²) in [5, 5.41) is 3.27. The van der Waals surface area contributed by atoms with Crippen molar-refractivity contribution >= 4 is 11.7 Å². The lowest BCUT2D eigenvalue weighted by molar-refractivity contribution is 0.0600. The molecule has 0 spiro atoms. The Morgan fingerprint density at radius 1 is 1.33 bits per heavy atom. The lowest BCUT2D eigenvalue weighted by Crippen LogP contribution is -2.19. The standard InChI is InChI=1S/C17H24FNO2/c1-3-12-5-4-6-14(9-7-12)19-16-11-13(17(20)21-2)8-10-15(16)18/h8,10-12,14,19H,3-7,9H2,1-2H3. The van der Waals surface area contributed by atoms with Crippen LogP contribution in [0.3, 0.4) is 0 Å². The first kappa shape index (κ1) is 15.8. The van der Waals surface area contributed by atoms with Gasteiger partial charge < -0.3 is 10.1 Å². The van der Waals surface area contributed by atoms with E-state index >= 15 is 0 Å². The van der Waals surface area contributed by atoms with Gasteiger partial charge in [0.25, 0.3) is 0 Å². The molecule has 4 heteroatoms. The first-order valence-electron chi connectivity index (χ1n) is 7.78.